The second-order valence-electron chi connectivity index (χ2n) is 5.16. The average Bonchev–Trinajstić information content (AvgIpc) is 2.96. The minimum absolute atomic E-state index is 0.0323. The third-order valence-corrected chi connectivity index (χ3v) is 3.96. The van der Waals surface area contributed by atoms with Gasteiger partial charge in [-0.05, 0) is 24.5 Å². The first kappa shape index (κ1) is 13.3. The standard InChI is InChI=1S/C16H20N2O2/c1-2-18-11-17-10-14(18)15(19)9-16-13-6-4-3-5-12(13)7-8-20-16/h3-6,10-11,15-16,19H,2,7-9H2,1H3. The molecule has 106 valence electrons. The van der Waals surface area contributed by atoms with Gasteiger partial charge in [-0.3, -0.25) is 0 Å². The first-order valence-corrected chi connectivity index (χ1v) is 7.17. The summed E-state index contributed by atoms with van der Waals surface area (Å²) in [6.07, 6.45) is 4.44. The monoisotopic (exact) mass is 272 g/mol. The number of aromatic nitrogens is 2. The normalized spacial score (nSPS) is 19.6. The molecular formula is C16H20N2O2. The highest BCUT2D eigenvalue weighted by Gasteiger charge is 2.25. The van der Waals surface area contributed by atoms with Gasteiger partial charge in [0.1, 0.15) is 0 Å². The van der Waals surface area contributed by atoms with Crippen molar-refractivity contribution in [3.05, 3.63) is 53.6 Å². The molecule has 0 saturated carbocycles. The summed E-state index contributed by atoms with van der Waals surface area (Å²) in [4.78, 5) is 4.11. The Morgan fingerprint density at radius 2 is 2.30 bits per heavy atom. The number of aliphatic hydroxyl groups is 1. The molecular weight excluding hydrogens is 252 g/mol. The van der Waals surface area contributed by atoms with Crippen molar-refractivity contribution in [2.75, 3.05) is 6.61 Å². The molecule has 1 aromatic carbocycles. The zero-order valence-corrected chi connectivity index (χ0v) is 11.7. The maximum absolute atomic E-state index is 10.5. The van der Waals surface area contributed by atoms with Crippen LogP contribution in [-0.2, 0) is 17.7 Å². The van der Waals surface area contributed by atoms with Gasteiger partial charge in [0.15, 0.2) is 0 Å². The van der Waals surface area contributed by atoms with Gasteiger partial charge in [-0.1, -0.05) is 24.3 Å². The van der Waals surface area contributed by atoms with Gasteiger partial charge in [0.2, 0.25) is 0 Å². The number of aryl methyl sites for hydroxylation is 1. The zero-order chi connectivity index (χ0) is 13.9. The van der Waals surface area contributed by atoms with Crippen LogP contribution in [0.2, 0.25) is 0 Å². The fourth-order valence-corrected chi connectivity index (χ4v) is 2.87. The second-order valence-corrected chi connectivity index (χ2v) is 5.16. The van der Waals surface area contributed by atoms with Gasteiger partial charge in [0.25, 0.3) is 0 Å². The number of aliphatic hydroxyl groups excluding tert-OH is 1. The van der Waals surface area contributed by atoms with Gasteiger partial charge in [-0.15, -0.1) is 0 Å². The summed E-state index contributed by atoms with van der Waals surface area (Å²) in [5.74, 6) is 0. The van der Waals surface area contributed by atoms with Gasteiger partial charge in [0, 0.05) is 13.0 Å². The third-order valence-electron chi connectivity index (χ3n) is 3.96. The van der Waals surface area contributed by atoms with E-state index < -0.39 is 6.10 Å². The van der Waals surface area contributed by atoms with E-state index in [1.165, 1.54) is 11.1 Å². The number of imidazole rings is 1. The molecule has 0 bridgehead atoms. The average molecular weight is 272 g/mol. The van der Waals surface area contributed by atoms with E-state index >= 15 is 0 Å². The number of benzene rings is 1. The number of fused-ring (bicyclic) bond motifs is 1. The molecule has 1 N–H and O–H groups in total. The molecule has 2 heterocycles. The maximum Gasteiger partial charge on any atom is 0.0983 e. The van der Waals surface area contributed by atoms with E-state index in [0.717, 1.165) is 25.3 Å². The van der Waals surface area contributed by atoms with E-state index in [2.05, 4.69) is 23.2 Å². The van der Waals surface area contributed by atoms with Crippen LogP contribution in [-0.4, -0.2) is 21.3 Å². The highest BCUT2D eigenvalue weighted by atomic mass is 16.5. The summed E-state index contributed by atoms with van der Waals surface area (Å²) in [6.45, 7) is 3.58. The lowest BCUT2D eigenvalue weighted by Gasteiger charge is -2.27. The lowest BCUT2D eigenvalue weighted by atomic mass is 9.93. The summed E-state index contributed by atoms with van der Waals surface area (Å²) in [6, 6.07) is 8.34. The van der Waals surface area contributed by atoms with Crippen LogP contribution in [0, 0.1) is 0 Å². The van der Waals surface area contributed by atoms with Crippen molar-refractivity contribution >= 4 is 0 Å². The van der Waals surface area contributed by atoms with Crippen molar-refractivity contribution in [3.8, 4) is 0 Å². The lowest BCUT2D eigenvalue weighted by molar-refractivity contribution is 0.00206. The predicted octanol–water partition coefficient (Wildman–Crippen LogP) is 2.64. The van der Waals surface area contributed by atoms with Crippen molar-refractivity contribution in [2.45, 2.75) is 38.5 Å². The van der Waals surface area contributed by atoms with Crippen LogP contribution in [0.4, 0.5) is 0 Å². The number of nitrogens with zero attached hydrogens (tertiary/aromatic N) is 2. The largest absolute Gasteiger partial charge is 0.387 e. The van der Waals surface area contributed by atoms with Crippen molar-refractivity contribution in [1.29, 1.82) is 0 Å². The van der Waals surface area contributed by atoms with E-state index in [-0.39, 0.29) is 6.10 Å². The summed E-state index contributed by atoms with van der Waals surface area (Å²) in [5, 5.41) is 10.5. The molecule has 0 spiro atoms. The second kappa shape index (κ2) is 5.77. The zero-order valence-electron chi connectivity index (χ0n) is 11.7. The molecule has 4 nitrogen and oxygen atoms in total. The topological polar surface area (TPSA) is 47.3 Å². The Labute approximate surface area is 119 Å². The SMILES string of the molecule is CCn1cncc1C(O)CC1OCCc2ccccc21. The van der Waals surface area contributed by atoms with Crippen LogP contribution in [0.15, 0.2) is 36.8 Å². The maximum atomic E-state index is 10.5. The molecule has 0 amide bonds. The molecule has 3 rings (SSSR count). The predicted molar refractivity (Wildman–Crippen MR) is 76.3 cm³/mol. The molecule has 1 aliphatic rings. The van der Waals surface area contributed by atoms with Crippen molar-refractivity contribution in [2.24, 2.45) is 0 Å². The third kappa shape index (κ3) is 2.49. The molecule has 1 aromatic heterocycles. The smallest absolute Gasteiger partial charge is 0.0983 e. The van der Waals surface area contributed by atoms with Crippen LogP contribution < -0.4 is 0 Å². The molecule has 0 radical (unpaired) electrons. The summed E-state index contributed by atoms with van der Waals surface area (Å²) in [7, 11) is 0. The van der Waals surface area contributed by atoms with Crippen LogP contribution >= 0.6 is 0 Å². The molecule has 1 aliphatic heterocycles. The van der Waals surface area contributed by atoms with Gasteiger partial charge in [-0.25, -0.2) is 4.98 Å². The summed E-state index contributed by atoms with van der Waals surface area (Å²) in [5.41, 5.74) is 3.40. The summed E-state index contributed by atoms with van der Waals surface area (Å²) < 4.78 is 7.83. The number of ether oxygens (including phenoxy) is 1. The Morgan fingerprint density at radius 3 is 3.15 bits per heavy atom. The van der Waals surface area contributed by atoms with Gasteiger partial charge >= 0.3 is 0 Å². The van der Waals surface area contributed by atoms with Crippen LogP contribution in [0.1, 0.15) is 42.4 Å². The van der Waals surface area contributed by atoms with E-state index in [4.69, 9.17) is 4.74 Å². The first-order chi connectivity index (χ1) is 9.79. The van der Waals surface area contributed by atoms with Crippen LogP contribution in [0.25, 0.3) is 0 Å². The number of hydrogen-bond acceptors (Lipinski definition) is 3. The molecule has 0 aliphatic carbocycles. The minimum Gasteiger partial charge on any atom is -0.387 e. The van der Waals surface area contributed by atoms with E-state index in [0.29, 0.717) is 6.42 Å². The molecule has 20 heavy (non-hydrogen) atoms. The Balaban J connectivity index is 1.79. The van der Waals surface area contributed by atoms with Crippen molar-refractivity contribution < 1.29 is 9.84 Å². The van der Waals surface area contributed by atoms with Gasteiger partial charge in [-0.2, -0.15) is 0 Å². The van der Waals surface area contributed by atoms with Crippen LogP contribution in [0.5, 0.6) is 0 Å². The van der Waals surface area contributed by atoms with E-state index in [9.17, 15) is 5.11 Å². The minimum atomic E-state index is -0.548. The fraction of sp³-hybridized carbons (Fsp3) is 0.438. The Hall–Kier alpha value is -1.65. The molecule has 0 saturated heterocycles. The van der Waals surface area contributed by atoms with E-state index in [1.54, 1.807) is 12.5 Å². The Bertz CT molecular complexity index is 579. The lowest BCUT2D eigenvalue weighted by Crippen LogP contribution is -2.19. The van der Waals surface area contributed by atoms with Gasteiger partial charge < -0.3 is 14.4 Å². The molecule has 2 atom stereocenters. The Morgan fingerprint density at radius 1 is 1.45 bits per heavy atom. The molecule has 2 aromatic rings. The van der Waals surface area contributed by atoms with Crippen molar-refractivity contribution in [3.63, 3.8) is 0 Å². The Kier molecular flexibility index (Phi) is 3.85. The molecule has 2 unspecified atom stereocenters. The number of hydrogen-bond donors (Lipinski definition) is 1. The fourth-order valence-electron chi connectivity index (χ4n) is 2.87. The highest BCUT2D eigenvalue weighted by Crippen LogP contribution is 2.34. The quantitative estimate of drug-likeness (QED) is 0.930. The van der Waals surface area contributed by atoms with E-state index in [1.807, 2.05) is 17.6 Å². The molecule has 4 heteroatoms. The van der Waals surface area contributed by atoms with Crippen LogP contribution in [0.3, 0.4) is 0 Å². The first-order valence-electron chi connectivity index (χ1n) is 7.17. The highest BCUT2D eigenvalue weighted by molar-refractivity contribution is 5.31. The molecule has 0 fully saturated rings. The van der Waals surface area contributed by atoms with Gasteiger partial charge in [0.05, 0.1) is 37.0 Å². The summed E-state index contributed by atoms with van der Waals surface area (Å²) >= 11 is 0. The number of rotatable bonds is 4. The van der Waals surface area contributed by atoms with Crippen molar-refractivity contribution in [1.82, 2.24) is 9.55 Å².